The summed E-state index contributed by atoms with van der Waals surface area (Å²) in [4.78, 5) is 19.4. The summed E-state index contributed by atoms with van der Waals surface area (Å²) < 4.78 is 0. The third-order valence-electron chi connectivity index (χ3n) is 4.07. The van der Waals surface area contributed by atoms with Crippen LogP contribution in [0.2, 0.25) is 5.02 Å². The number of nitriles is 1. The van der Waals surface area contributed by atoms with Crippen LogP contribution in [0.5, 0.6) is 0 Å². The number of hydrogen-bond donors (Lipinski definition) is 2. The summed E-state index contributed by atoms with van der Waals surface area (Å²) in [5.41, 5.74) is 2.77. The second-order valence-electron chi connectivity index (χ2n) is 5.81. The number of allylic oxidation sites excluding steroid dienone is 1. The van der Waals surface area contributed by atoms with E-state index in [9.17, 15) is 10.1 Å². The molecule has 4 rings (SSSR count). The number of H-pyrrole nitrogens is 2. The molecule has 0 aliphatic carbocycles. The summed E-state index contributed by atoms with van der Waals surface area (Å²) in [6, 6.07) is 16.6. The Kier molecular flexibility index (Phi) is 4.29. The highest BCUT2D eigenvalue weighted by Gasteiger charge is 2.11. The van der Waals surface area contributed by atoms with Crippen molar-refractivity contribution in [2.75, 3.05) is 0 Å². The van der Waals surface area contributed by atoms with Crippen LogP contribution in [0.3, 0.4) is 0 Å². The number of aromatic nitrogens is 4. The van der Waals surface area contributed by atoms with Crippen LogP contribution >= 0.6 is 11.6 Å². The molecule has 0 unspecified atom stereocenters. The monoisotopic (exact) mass is 373 g/mol. The lowest BCUT2D eigenvalue weighted by Gasteiger charge is -2.03. The maximum absolute atomic E-state index is 12.4. The molecule has 7 heteroatoms. The lowest BCUT2D eigenvalue weighted by molar-refractivity contribution is 1.10. The number of nitrogens with one attached hydrogen (secondary N) is 2. The summed E-state index contributed by atoms with van der Waals surface area (Å²) in [5, 5.41) is 17.4. The molecule has 2 aromatic heterocycles. The van der Waals surface area contributed by atoms with Crippen LogP contribution in [-0.2, 0) is 0 Å². The van der Waals surface area contributed by atoms with Crippen molar-refractivity contribution in [3.63, 3.8) is 0 Å². The number of fused-ring (bicyclic) bond motifs is 1. The van der Waals surface area contributed by atoms with Crippen molar-refractivity contribution < 1.29 is 0 Å². The van der Waals surface area contributed by atoms with Crippen molar-refractivity contribution >= 4 is 34.2 Å². The van der Waals surface area contributed by atoms with E-state index in [0.717, 1.165) is 16.8 Å². The average Bonchev–Trinajstić information content (AvgIpc) is 3.15. The minimum atomic E-state index is -0.353. The van der Waals surface area contributed by atoms with E-state index < -0.39 is 0 Å². The predicted octanol–water partition coefficient (Wildman–Crippen LogP) is 4.03. The lowest BCUT2D eigenvalue weighted by Crippen LogP contribution is -2.11. The van der Waals surface area contributed by atoms with E-state index >= 15 is 0 Å². The fourth-order valence-corrected chi connectivity index (χ4v) is 2.96. The molecule has 6 nitrogen and oxygen atoms in total. The first kappa shape index (κ1) is 16.8. The first-order valence-corrected chi connectivity index (χ1v) is 8.44. The molecule has 27 heavy (non-hydrogen) atoms. The van der Waals surface area contributed by atoms with Gasteiger partial charge in [-0.25, -0.2) is 4.98 Å². The predicted molar refractivity (Wildman–Crippen MR) is 105 cm³/mol. The zero-order valence-corrected chi connectivity index (χ0v) is 14.7. The number of rotatable bonds is 3. The number of aromatic amines is 2. The standard InChI is InChI=1S/C20H12ClN5O/c21-15-6-7-17-16(9-15)20(27)25-19(24-17)13(10-22)8-14-11-23-26-18(14)12-4-2-1-3-5-12/h1-9,11H,(H,23,26)(H,24,25,27)/b13-8+. The maximum atomic E-state index is 12.4. The third kappa shape index (κ3) is 3.24. The second kappa shape index (κ2) is 6.90. The molecule has 4 aromatic rings. The van der Waals surface area contributed by atoms with E-state index in [1.165, 1.54) is 0 Å². The van der Waals surface area contributed by atoms with Crippen molar-refractivity contribution in [2.24, 2.45) is 0 Å². The van der Waals surface area contributed by atoms with E-state index in [0.29, 0.717) is 15.9 Å². The van der Waals surface area contributed by atoms with Gasteiger partial charge in [-0.05, 0) is 24.3 Å². The normalized spacial score (nSPS) is 11.5. The Bertz CT molecular complexity index is 1270. The van der Waals surface area contributed by atoms with Gasteiger partial charge in [0.1, 0.15) is 6.07 Å². The fraction of sp³-hybridized carbons (Fsp3) is 0. The quantitative estimate of drug-likeness (QED) is 0.529. The number of halogens is 1. The number of benzene rings is 2. The highest BCUT2D eigenvalue weighted by Crippen LogP contribution is 2.25. The van der Waals surface area contributed by atoms with Crippen molar-refractivity contribution in [1.29, 1.82) is 5.26 Å². The van der Waals surface area contributed by atoms with Gasteiger partial charge in [-0.1, -0.05) is 41.9 Å². The van der Waals surface area contributed by atoms with Crippen molar-refractivity contribution in [1.82, 2.24) is 20.2 Å². The molecule has 0 aliphatic rings. The molecular weight excluding hydrogens is 362 g/mol. The molecule has 0 bridgehead atoms. The largest absolute Gasteiger partial charge is 0.305 e. The minimum Gasteiger partial charge on any atom is -0.305 e. The van der Waals surface area contributed by atoms with Gasteiger partial charge in [0, 0.05) is 16.1 Å². The van der Waals surface area contributed by atoms with Gasteiger partial charge in [0.2, 0.25) is 0 Å². The first-order chi connectivity index (χ1) is 13.2. The Morgan fingerprint density at radius 3 is 2.78 bits per heavy atom. The van der Waals surface area contributed by atoms with Crippen LogP contribution in [-0.4, -0.2) is 20.2 Å². The summed E-state index contributed by atoms with van der Waals surface area (Å²) in [5.74, 6) is 0.192. The fourth-order valence-electron chi connectivity index (χ4n) is 2.79. The zero-order valence-electron chi connectivity index (χ0n) is 13.9. The molecule has 0 atom stereocenters. The van der Waals surface area contributed by atoms with Gasteiger partial charge in [0.05, 0.1) is 28.4 Å². The van der Waals surface area contributed by atoms with Gasteiger partial charge in [0.25, 0.3) is 5.56 Å². The van der Waals surface area contributed by atoms with Gasteiger partial charge < -0.3 is 4.98 Å². The molecule has 0 saturated carbocycles. The van der Waals surface area contributed by atoms with Crippen LogP contribution in [0.4, 0.5) is 0 Å². The van der Waals surface area contributed by atoms with E-state index in [1.54, 1.807) is 30.5 Å². The van der Waals surface area contributed by atoms with Crippen LogP contribution in [0, 0.1) is 11.3 Å². The van der Waals surface area contributed by atoms with Gasteiger partial charge in [-0.3, -0.25) is 9.89 Å². The SMILES string of the molecule is N#C/C(=C\c1cn[nH]c1-c1ccccc1)c1nc2ccc(Cl)cc2c(=O)[nH]1. The lowest BCUT2D eigenvalue weighted by atomic mass is 10.1. The maximum Gasteiger partial charge on any atom is 0.259 e. The average molecular weight is 374 g/mol. The molecule has 0 saturated heterocycles. The molecule has 130 valence electrons. The first-order valence-electron chi connectivity index (χ1n) is 8.06. The van der Waals surface area contributed by atoms with Gasteiger partial charge in [0.15, 0.2) is 5.82 Å². The molecule has 0 radical (unpaired) electrons. The number of hydrogen-bond acceptors (Lipinski definition) is 4. The summed E-state index contributed by atoms with van der Waals surface area (Å²) in [6.07, 6.45) is 3.27. The Labute approximate surface area is 158 Å². The van der Waals surface area contributed by atoms with Gasteiger partial charge in [-0.2, -0.15) is 10.4 Å². The van der Waals surface area contributed by atoms with Crippen molar-refractivity contribution in [2.45, 2.75) is 0 Å². The Hall–Kier alpha value is -3.69. The number of nitrogens with zero attached hydrogens (tertiary/aromatic N) is 3. The van der Waals surface area contributed by atoms with Crippen molar-refractivity contribution in [3.8, 4) is 17.3 Å². The Morgan fingerprint density at radius 2 is 2.00 bits per heavy atom. The molecule has 2 heterocycles. The van der Waals surface area contributed by atoms with Crippen LogP contribution in [0.1, 0.15) is 11.4 Å². The minimum absolute atomic E-state index is 0.192. The Balaban J connectivity index is 1.84. The smallest absolute Gasteiger partial charge is 0.259 e. The van der Waals surface area contributed by atoms with Gasteiger partial charge in [-0.15, -0.1) is 0 Å². The van der Waals surface area contributed by atoms with Crippen LogP contribution in [0.15, 0.2) is 59.5 Å². The van der Waals surface area contributed by atoms with E-state index in [1.807, 2.05) is 30.3 Å². The van der Waals surface area contributed by atoms with E-state index in [-0.39, 0.29) is 17.0 Å². The summed E-state index contributed by atoms with van der Waals surface area (Å²) in [6.45, 7) is 0. The van der Waals surface area contributed by atoms with Crippen molar-refractivity contribution in [3.05, 3.63) is 81.5 Å². The van der Waals surface area contributed by atoms with E-state index in [4.69, 9.17) is 11.6 Å². The molecule has 0 amide bonds. The summed E-state index contributed by atoms with van der Waals surface area (Å²) >= 11 is 5.94. The van der Waals surface area contributed by atoms with Crippen LogP contribution < -0.4 is 5.56 Å². The summed E-state index contributed by atoms with van der Waals surface area (Å²) in [7, 11) is 0. The topological polar surface area (TPSA) is 98.2 Å². The Morgan fingerprint density at radius 1 is 1.19 bits per heavy atom. The molecule has 0 spiro atoms. The third-order valence-corrected chi connectivity index (χ3v) is 4.31. The molecule has 0 aliphatic heterocycles. The second-order valence-corrected chi connectivity index (χ2v) is 6.25. The van der Waals surface area contributed by atoms with Gasteiger partial charge >= 0.3 is 0 Å². The highest BCUT2D eigenvalue weighted by atomic mass is 35.5. The van der Waals surface area contributed by atoms with E-state index in [2.05, 4.69) is 26.2 Å². The zero-order chi connectivity index (χ0) is 18.8. The van der Waals surface area contributed by atoms with Crippen LogP contribution in [0.25, 0.3) is 33.8 Å². The highest BCUT2D eigenvalue weighted by molar-refractivity contribution is 6.31. The molecule has 2 N–H and O–H groups in total. The molecule has 0 fully saturated rings. The molecule has 2 aromatic carbocycles. The molecular formula is C20H12ClN5O.